The van der Waals surface area contributed by atoms with Gasteiger partial charge >= 0.3 is 5.97 Å². The number of ether oxygens (including phenoxy) is 3. The molecule has 0 atom stereocenters. The Morgan fingerprint density at radius 3 is 2.53 bits per heavy atom. The number of piperidine rings is 1. The zero-order valence-electron chi connectivity index (χ0n) is 21.9. The molecule has 4 rings (SSSR count). The molecule has 1 aliphatic rings. The SMILES string of the molecule is COc1cc(/C=N/Nc2nc(Nc3ccccc3)nc(N3CCCCC3)n2)ccc1OCC(=O)OC(C)C. The van der Waals surface area contributed by atoms with E-state index in [1.54, 1.807) is 38.3 Å². The third kappa shape index (κ3) is 7.79. The fourth-order valence-electron chi connectivity index (χ4n) is 3.84. The molecule has 0 aliphatic carbocycles. The second-order valence-corrected chi connectivity index (χ2v) is 8.93. The van der Waals surface area contributed by atoms with Gasteiger partial charge in [0.1, 0.15) is 0 Å². The quantitative estimate of drug-likeness (QED) is 0.214. The third-order valence-electron chi connectivity index (χ3n) is 5.57. The van der Waals surface area contributed by atoms with Gasteiger partial charge in [0.05, 0.1) is 19.4 Å². The van der Waals surface area contributed by atoms with Crippen molar-refractivity contribution in [2.24, 2.45) is 5.10 Å². The summed E-state index contributed by atoms with van der Waals surface area (Å²) in [5.41, 5.74) is 4.55. The van der Waals surface area contributed by atoms with E-state index >= 15 is 0 Å². The molecule has 11 nitrogen and oxygen atoms in total. The molecular weight excluding hydrogens is 486 g/mol. The van der Waals surface area contributed by atoms with Crippen LogP contribution in [0.15, 0.2) is 53.6 Å². The Balaban J connectivity index is 1.46. The van der Waals surface area contributed by atoms with Crippen molar-refractivity contribution in [3.63, 3.8) is 0 Å². The maximum atomic E-state index is 11.8. The van der Waals surface area contributed by atoms with Crippen LogP contribution in [-0.4, -0.2) is 60.0 Å². The van der Waals surface area contributed by atoms with E-state index in [0.717, 1.165) is 37.2 Å². The minimum absolute atomic E-state index is 0.204. The van der Waals surface area contributed by atoms with Gasteiger partial charge in [-0.15, -0.1) is 0 Å². The molecule has 2 heterocycles. The van der Waals surface area contributed by atoms with Gasteiger partial charge in [0, 0.05) is 18.8 Å². The van der Waals surface area contributed by atoms with Crippen LogP contribution in [0.3, 0.4) is 0 Å². The number of nitrogens with zero attached hydrogens (tertiary/aromatic N) is 5. The molecule has 0 amide bonds. The van der Waals surface area contributed by atoms with E-state index in [1.807, 2.05) is 30.3 Å². The Kier molecular flexibility index (Phi) is 9.27. The topological polar surface area (TPSA) is 123 Å². The van der Waals surface area contributed by atoms with Crippen molar-refractivity contribution >= 4 is 35.7 Å². The van der Waals surface area contributed by atoms with Crippen LogP contribution in [0.2, 0.25) is 0 Å². The van der Waals surface area contributed by atoms with Crippen LogP contribution in [0.5, 0.6) is 11.5 Å². The second kappa shape index (κ2) is 13.2. The second-order valence-electron chi connectivity index (χ2n) is 8.93. The number of nitrogens with one attached hydrogen (secondary N) is 2. The van der Waals surface area contributed by atoms with E-state index in [4.69, 9.17) is 14.2 Å². The lowest BCUT2D eigenvalue weighted by Gasteiger charge is -2.26. The first-order valence-electron chi connectivity index (χ1n) is 12.6. The number of hydrogen-bond acceptors (Lipinski definition) is 11. The van der Waals surface area contributed by atoms with Crippen molar-refractivity contribution in [3.05, 3.63) is 54.1 Å². The zero-order chi connectivity index (χ0) is 26.7. The van der Waals surface area contributed by atoms with Crippen LogP contribution >= 0.6 is 0 Å². The van der Waals surface area contributed by atoms with E-state index in [0.29, 0.717) is 29.3 Å². The van der Waals surface area contributed by atoms with Gasteiger partial charge in [-0.2, -0.15) is 20.1 Å². The summed E-state index contributed by atoms with van der Waals surface area (Å²) in [5.74, 6) is 1.82. The lowest BCUT2D eigenvalue weighted by atomic mass is 10.1. The summed E-state index contributed by atoms with van der Waals surface area (Å²) in [4.78, 5) is 27.7. The molecule has 1 aromatic heterocycles. The molecule has 1 saturated heterocycles. The number of carbonyl (C=O) groups is 1. The number of methoxy groups -OCH3 is 1. The largest absolute Gasteiger partial charge is 0.493 e. The Morgan fingerprint density at radius 1 is 1.03 bits per heavy atom. The average molecular weight is 520 g/mol. The molecule has 200 valence electrons. The van der Waals surface area contributed by atoms with Crippen LogP contribution in [0, 0.1) is 0 Å². The number of anilines is 4. The minimum atomic E-state index is -0.445. The molecule has 3 aromatic rings. The molecule has 0 radical (unpaired) electrons. The lowest BCUT2D eigenvalue weighted by molar-refractivity contribution is -0.149. The molecule has 0 bridgehead atoms. The third-order valence-corrected chi connectivity index (χ3v) is 5.57. The van der Waals surface area contributed by atoms with Crippen molar-refractivity contribution in [2.75, 3.05) is 42.4 Å². The fourth-order valence-corrected chi connectivity index (χ4v) is 3.84. The maximum Gasteiger partial charge on any atom is 0.344 e. The number of carbonyl (C=O) groups excluding carboxylic acids is 1. The summed E-state index contributed by atoms with van der Waals surface area (Å²) in [7, 11) is 1.53. The van der Waals surface area contributed by atoms with Gasteiger partial charge in [0.2, 0.25) is 17.8 Å². The highest BCUT2D eigenvalue weighted by atomic mass is 16.6. The Bertz CT molecular complexity index is 1230. The molecular formula is C27H33N7O4. The standard InChI is InChI=1S/C27H33N7O4/c1-19(2)38-24(35)18-37-22-13-12-20(16-23(22)36-3)17-28-33-26-30-25(29-21-10-6-4-7-11-21)31-27(32-26)34-14-8-5-9-15-34/h4,6-7,10-13,16-17,19H,5,8-9,14-15,18H2,1-3H3,(H2,29,30,31,32,33)/b28-17+. The van der Waals surface area contributed by atoms with Gasteiger partial charge in [-0.05, 0) is 69.0 Å². The van der Waals surface area contributed by atoms with Gasteiger partial charge in [-0.1, -0.05) is 18.2 Å². The van der Waals surface area contributed by atoms with Crippen molar-refractivity contribution < 1.29 is 19.0 Å². The number of esters is 1. The lowest BCUT2D eigenvalue weighted by Crippen LogP contribution is -2.31. The van der Waals surface area contributed by atoms with Crippen molar-refractivity contribution in [1.29, 1.82) is 0 Å². The van der Waals surface area contributed by atoms with Crippen LogP contribution in [-0.2, 0) is 9.53 Å². The Hall–Kier alpha value is -4.41. The summed E-state index contributed by atoms with van der Waals surface area (Å²) in [5, 5.41) is 7.55. The van der Waals surface area contributed by atoms with Crippen LogP contribution in [0.25, 0.3) is 0 Å². The van der Waals surface area contributed by atoms with Gasteiger partial charge < -0.3 is 24.4 Å². The monoisotopic (exact) mass is 519 g/mol. The van der Waals surface area contributed by atoms with Crippen LogP contribution in [0.4, 0.5) is 23.5 Å². The molecule has 1 aliphatic heterocycles. The summed E-state index contributed by atoms with van der Waals surface area (Å²) >= 11 is 0. The number of rotatable bonds is 11. The number of hydrogen-bond donors (Lipinski definition) is 2. The number of benzene rings is 2. The molecule has 0 saturated carbocycles. The number of para-hydroxylation sites is 1. The maximum absolute atomic E-state index is 11.8. The fraction of sp³-hybridized carbons (Fsp3) is 0.370. The van der Waals surface area contributed by atoms with Crippen LogP contribution in [0.1, 0.15) is 38.7 Å². The normalized spacial score (nSPS) is 13.4. The number of aromatic nitrogens is 3. The first-order chi connectivity index (χ1) is 18.5. The predicted octanol–water partition coefficient (Wildman–Crippen LogP) is 4.39. The molecule has 2 N–H and O–H groups in total. The van der Waals surface area contributed by atoms with E-state index in [-0.39, 0.29) is 12.7 Å². The first kappa shape index (κ1) is 26.6. The highest BCUT2D eigenvalue weighted by Crippen LogP contribution is 2.27. The van der Waals surface area contributed by atoms with Gasteiger partial charge in [-0.25, -0.2) is 10.2 Å². The van der Waals surface area contributed by atoms with E-state index < -0.39 is 5.97 Å². The molecule has 1 fully saturated rings. The Labute approximate surface area is 222 Å². The highest BCUT2D eigenvalue weighted by molar-refractivity contribution is 5.81. The van der Waals surface area contributed by atoms with Gasteiger partial charge in [0.15, 0.2) is 18.1 Å². The number of hydrazone groups is 1. The summed E-state index contributed by atoms with van der Waals surface area (Å²) in [6, 6.07) is 15.0. The zero-order valence-corrected chi connectivity index (χ0v) is 21.9. The van der Waals surface area contributed by atoms with E-state index in [1.165, 1.54) is 13.5 Å². The molecule has 0 unspecified atom stereocenters. The summed E-state index contributed by atoms with van der Waals surface area (Å²) in [6.45, 7) is 5.17. The molecule has 11 heteroatoms. The highest BCUT2D eigenvalue weighted by Gasteiger charge is 2.16. The molecule has 0 spiro atoms. The van der Waals surface area contributed by atoms with Crippen molar-refractivity contribution in [2.45, 2.75) is 39.2 Å². The van der Waals surface area contributed by atoms with E-state index in [2.05, 4.69) is 35.7 Å². The summed E-state index contributed by atoms with van der Waals surface area (Å²) < 4.78 is 16.1. The molecule has 2 aromatic carbocycles. The van der Waals surface area contributed by atoms with Crippen molar-refractivity contribution in [1.82, 2.24) is 15.0 Å². The Morgan fingerprint density at radius 2 is 1.79 bits per heavy atom. The first-order valence-corrected chi connectivity index (χ1v) is 12.6. The van der Waals surface area contributed by atoms with E-state index in [9.17, 15) is 4.79 Å². The smallest absolute Gasteiger partial charge is 0.344 e. The van der Waals surface area contributed by atoms with Crippen molar-refractivity contribution in [3.8, 4) is 11.5 Å². The average Bonchev–Trinajstić information content (AvgIpc) is 2.93. The summed E-state index contributed by atoms with van der Waals surface area (Å²) in [6.07, 6.45) is 4.84. The van der Waals surface area contributed by atoms with Gasteiger partial charge in [-0.3, -0.25) is 0 Å². The molecule has 38 heavy (non-hydrogen) atoms. The minimum Gasteiger partial charge on any atom is -0.493 e. The predicted molar refractivity (Wildman–Crippen MR) is 147 cm³/mol. The van der Waals surface area contributed by atoms with Gasteiger partial charge in [0.25, 0.3) is 0 Å². The van der Waals surface area contributed by atoms with Crippen LogP contribution < -0.4 is 25.1 Å².